The third kappa shape index (κ3) is 4.49. The van der Waals surface area contributed by atoms with Gasteiger partial charge in [-0.25, -0.2) is 8.78 Å². The summed E-state index contributed by atoms with van der Waals surface area (Å²) in [5, 5.41) is 13.0. The molecule has 4 rings (SSSR count). The molecule has 1 fully saturated rings. The molecule has 0 unspecified atom stereocenters. The molecule has 5 nitrogen and oxygen atoms in total. The summed E-state index contributed by atoms with van der Waals surface area (Å²) in [4.78, 5) is 6.75. The smallest absolute Gasteiger partial charge is 0.229 e. The maximum atomic E-state index is 13.8. The number of aromatic nitrogens is 2. The van der Waals surface area contributed by atoms with Gasteiger partial charge in [-0.1, -0.05) is 29.4 Å². The van der Waals surface area contributed by atoms with Gasteiger partial charge in [-0.05, 0) is 55.3 Å². The van der Waals surface area contributed by atoms with Gasteiger partial charge in [0.15, 0.2) is 17.5 Å². The molecule has 1 saturated heterocycles. The molecule has 0 bridgehead atoms. The topological polar surface area (TPSA) is 66.0 Å². The predicted molar refractivity (Wildman–Crippen MR) is 102 cm³/mol. The maximum Gasteiger partial charge on any atom is 0.229 e. The van der Waals surface area contributed by atoms with Crippen molar-refractivity contribution in [2.45, 2.75) is 31.7 Å². The van der Waals surface area contributed by atoms with Crippen molar-refractivity contribution >= 4 is 0 Å². The van der Waals surface area contributed by atoms with Gasteiger partial charge in [-0.3, -0.25) is 4.90 Å². The standard InChI is InChI=1S/C22H20F2N4O/c23-19-6-2-5-18(21(19)24)12-20-26-22(29-27-20)17-7-9-28(10-8-17)14-16-4-1-3-15(11-16)13-25/h1-6,11,17H,7-10,12,14H2. The van der Waals surface area contributed by atoms with E-state index in [0.717, 1.165) is 44.1 Å². The number of likely N-dealkylation sites (tertiary alicyclic amines) is 1. The minimum Gasteiger partial charge on any atom is -0.339 e. The molecule has 7 heteroatoms. The van der Waals surface area contributed by atoms with E-state index in [-0.39, 0.29) is 17.9 Å². The lowest BCUT2D eigenvalue weighted by Gasteiger charge is -2.30. The summed E-state index contributed by atoms with van der Waals surface area (Å²) in [5.74, 6) is -0.662. The van der Waals surface area contributed by atoms with Crippen LogP contribution in [-0.4, -0.2) is 28.1 Å². The molecule has 0 aliphatic carbocycles. The normalized spacial score (nSPS) is 15.3. The second-order valence-electron chi connectivity index (χ2n) is 7.30. The molecule has 1 aromatic heterocycles. The third-order valence-electron chi connectivity index (χ3n) is 5.26. The van der Waals surface area contributed by atoms with Crippen LogP contribution < -0.4 is 0 Å². The van der Waals surface area contributed by atoms with Crippen molar-refractivity contribution in [1.29, 1.82) is 5.26 Å². The van der Waals surface area contributed by atoms with Gasteiger partial charge < -0.3 is 4.52 Å². The van der Waals surface area contributed by atoms with Crippen LogP contribution >= 0.6 is 0 Å². The predicted octanol–water partition coefficient (Wildman–Crippen LogP) is 4.19. The molecule has 0 saturated carbocycles. The second-order valence-corrected chi connectivity index (χ2v) is 7.30. The van der Waals surface area contributed by atoms with Crippen molar-refractivity contribution in [2.24, 2.45) is 0 Å². The van der Waals surface area contributed by atoms with Gasteiger partial charge in [0.05, 0.1) is 11.6 Å². The highest BCUT2D eigenvalue weighted by Gasteiger charge is 2.25. The fourth-order valence-corrected chi connectivity index (χ4v) is 3.70. The van der Waals surface area contributed by atoms with Gasteiger partial charge in [0.2, 0.25) is 5.89 Å². The molecule has 2 heterocycles. The van der Waals surface area contributed by atoms with E-state index in [9.17, 15) is 8.78 Å². The molecular formula is C22H20F2N4O. The van der Waals surface area contributed by atoms with Crippen LogP contribution in [0, 0.1) is 23.0 Å². The fourth-order valence-electron chi connectivity index (χ4n) is 3.70. The molecule has 0 spiro atoms. The van der Waals surface area contributed by atoms with Crippen molar-refractivity contribution in [2.75, 3.05) is 13.1 Å². The number of piperidine rings is 1. The summed E-state index contributed by atoms with van der Waals surface area (Å²) in [6, 6.07) is 13.9. The average Bonchev–Trinajstić information content (AvgIpc) is 3.21. The Bertz CT molecular complexity index is 1040. The number of rotatable bonds is 5. The van der Waals surface area contributed by atoms with Crippen LogP contribution in [0.4, 0.5) is 8.78 Å². The summed E-state index contributed by atoms with van der Waals surface area (Å²) in [5.41, 5.74) is 2.01. The van der Waals surface area contributed by atoms with Crippen molar-refractivity contribution in [3.8, 4) is 6.07 Å². The zero-order valence-corrected chi connectivity index (χ0v) is 15.8. The quantitative estimate of drug-likeness (QED) is 0.649. The Hall–Kier alpha value is -3.11. The van der Waals surface area contributed by atoms with E-state index in [2.05, 4.69) is 21.1 Å². The van der Waals surface area contributed by atoms with Crippen LogP contribution in [0.1, 0.15) is 47.2 Å². The van der Waals surface area contributed by atoms with Crippen molar-refractivity contribution in [3.05, 3.63) is 82.5 Å². The monoisotopic (exact) mass is 394 g/mol. The van der Waals surface area contributed by atoms with Crippen LogP contribution in [0.2, 0.25) is 0 Å². The van der Waals surface area contributed by atoms with Crippen molar-refractivity contribution < 1.29 is 13.3 Å². The summed E-state index contributed by atoms with van der Waals surface area (Å²) in [6.45, 7) is 2.57. The highest BCUT2D eigenvalue weighted by atomic mass is 19.2. The Labute approximate surface area is 167 Å². The number of hydrogen-bond acceptors (Lipinski definition) is 5. The fraction of sp³-hybridized carbons (Fsp3) is 0.318. The van der Waals surface area contributed by atoms with E-state index >= 15 is 0 Å². The third-order valence-corrected chi connectivity index (χ3v) is 5.26. The van der Waals surface area contributed by atoms with Gasteiger partial charge in [-0.2, -0.15) is 10.2 Å². The van der Waals surface area contributed by atoms with E-state index in [1.807, 2.05) is 18.2 Å². The molecule has 0 atom stereocenters. The molecule has 1 aliphatic rings. The van der Waals surface area contributed by atoms with Crippen molar-refractivity contribution in [1.82, 2.24) is 15.0 Å². The highest BCUT2D eigenvalue weighted by Crippen LogP contribution is 2.28. The Balaban J connectivity index is 1.34. The zero-order chi connectivity index (χ0) is 20.2. The molecule has 148 valence electrons. The van der Waals surface area contributed by atoms with Crippen molar-refractivity contribution in [3.63, 3.8) is 0 Å². The number of halogens is 2. The SMILES string of the molecule is N#Cc1cccc(CN2CCC(c3nc(Cc4cccc(F)c4F)no3)CC2)c1. The highest BCUT2D eigenvalue weighted by molar-refractivity contribution is 5.32. The molecular weight excluding hydrogens is 374 g/mol. The largest absolute Gasteiger partial charge is 0.339 e. The minimum atomic E-state index is -0.876. The lowest BCUT2D eigenvalue weighted by Crippen LogP contribution is -2.32. The number of hydrogen-bond donors (Lipinski definition) is 0. The van der Waals surface area contributed by atoms with Crippen LogP contribution in [0.25, 0.3) is 0 Å². The number of nitriles is 1. The van der Waals surface area contributed by atoms with E-state index in [1.165, 1.54) is 12.1 Å². The molecule has 0 N–H and O–H groups in total. The number of benzene rings is 2. The first-order valence-electron chi connectivity index (χ1n) is 9.59. The van der Waals surface area contributed by atoms with E-state index in [1.54, 1.807) is 6.07 Å². The Morgan fingerprint density at radius 3 is 2.72 bits per heavy atom. The summed E-state index contributed by atoms with van der Waals surface area (Å²) in [6.07, 6.45) is 1.86. The lowest BCUT2D eigenvalue weighted by atomic mass is 9.96. The van der Waals surface area contributed by atoms with Gasteiger partial charge in [0.1, 0.15) is 0 Å². The first-order chi connectivity index (χ1) is 14.1. The van der Waals surface area contributed by atoms with Gasteiger partial charge in [-0.15, -0.1) is 0 Å². The first kappa shape index (κ1) is 19.2. The van der Waals surface area contributed by atoms with Crippen LogP contribution in [0.3, 0.4) is 0 Å². The number of nitrogens with zero attached hydrogens (tertiary/aromatic N) is 4. The summed E-state index contributed by atoms with van der Waals surface area (Å²) in [7, 11) is 0. The summed E-state index contributed by atoms with van der Waals surface area (Å²) >= 11 is 0. The van der Waals surface area contributed by atoms with Crippen LogP contribution in [-0.2, 0) is 13.0 Å². The molecule has 2 aromatic carbocycles. The van der Waals surface area contributed by atoms with Gasteiger partial charge in [0.25, 0.3) is 0 Å². The Morgan fingerprint density at radius 2 is 1.93 bits per heavy atom. The second kappa shape index (κ2) is 8.50. The van der Waals surface area contributed by atoms with E-state index in [4.69, 9.17) is 9.78 Å². The Kier molecular flexibility index (Phi) is 5.63. The van der Waals surface area contributed by atoms with E-state index < -0.39 is 11.6 Å². The summed E-state index contributed by atoms with van der Waals surface area (Å²) < 4.78 is 32.6. The molecule has 1 aliphatic heterocycles. The minimum absolute atomic E-state index is 0.0984. The van der Waals surface area contributed by atoms with Crippen LogP contribution in [0.5, 0.6) is 0 Å². The molecule has 29 heavy (non-hydrogen) atoms. The maximum absolute atomic E-state index is 13.8. The van der Waals surface area contributed by atoms with Gasteiger partial charge in [0, 0.05) is 18.9 Å². The lowest BCUT2D eigenvalue weighted by molar-refractivity contribution is 0.187. The molecule has 3 aromatic rings. The first-order valence-corrected chi connectivity index (χ1v) is 9.59. The van der Waals surface area contributed by atoms with E-state index in [0.29, 0.717) is 17.3 Å². The van der Waals surface area contributed by atoms with Gasteiger partial charge >= 0.3 is 0 Å². The molecule has 0 radical (unpaired) electrons. The Morgan fingerprint density at radius 1 is 1.14 bits per heavy atom. The molecule has 0 amide bonds. The zero-order valence-electron chi connectivity index (χ0n) is 15.8. The average molecular weight is 394 g/mol. The van der Waals surface area contributed by atoms with Crippen LogP contribution in [0.15, 0.2) is 47.0 Å².